The van der Waals surface area contributed by atoms with Crippen molar-refractivity contribution in [3.63, 3.8) is 0 Å². The molecule has 0 aliphatic heterocycles. The van der Waals surface area contributed by atoms with Crippen LogP contribution in [0.3, 0.4) is 0 Å². The number of hydrogen-bond donors (Lipinski definition) is 0. The molecule has 0 fully saturated rings. The van der Waals surface area contributed by atoms with Crippen LogP contribution in [0.1, 0.15) is 23.7 Å². The number of rotatable bonds is 7. The molecule has 0 atom stereocenters. The molecule has 33 heavy (non-hydrogen) atoms. The fraction of sp³-hybridized carbons (Fsp3) is 0.185. The summed E-state index contributed by atoms with van der Waals surface area (Å²) in [5, 5.41) is 1.54. The van der Waals surface area contributed by atoms with Gasteiger partial charge in [-0.1, -0.05) is 6.92 Å². The summed E-state index contributed by atoms with van der Waals surface area (Å²) in [5.41, 5.74) is 2.79. The number of benzene rings is 3. The van der Waals surface area contributed by atoms with Gasteiger partial charge in [0.05, 0.1) is 37.4 Å². The van der Waals surface area contributed by atoms with E-state index in [-0.39, 0.29) is 5.97 Å². The number of methoxy groups -OCH3 is 2. The Balaban J connectivity index is 1.80. The van der Waals surface area contributed by atoms with Crippen molar-refractivity contribution in [1.82, 2.24) is 0 Å². The standard InChI is InChI=1S/C27H25NO5/c1-4-15-32-27(29)19-5-9-20(10-6-19)28-24-17-26(18-7-11-21(30-2)12-8-18)33-25-14-13-22(31-3)16-23(24)25/h5-14,16-17H,4,15H2,1-3H3. The van der Waals surface area contributed by atoms with Gasteiger partial charge >= 0.3 is 5.97 Å². The van der Waals surface area contributed by atoms with Gasteiger partial charge in [0.15, 0.2) is 0 Å². The predicted octanol–water partition coefficient (Wildman–Crippen LogP) is 5.92. The Morgan fingerprint density at radius 2 is 1.58 bits per heavy atom. The molecule has 0 spiro atoms. The molecule has 0 radical (unpaired) electrons. The van der Waals surface area contributed by atoms with E-state index in [1.54, 1.807) is 38.5 Å². The predicted molar refractivity (Wildman–Crippen MR) is 127 cm³/mol. The molecular formula is C27H25NO5. The van der Waals surface area contributed by atoms with Gasteiger partial charge in [0.2, 0.25) is 0 Å². The molecule has 0 saturated heterocycles. The Kier molecular flexibility index (Phi) is 6.74. The minimum Gasteiger partial charge on any atom is -0.497 e. The lowest BCUT2D eigenvalue weighted by Crippen LogP contribution is -2.06. The Hall–Kier alpha value is -4.06. The third-order valence-electron chi connectivity index (χ3n) is 5.11. The number of fused-ring (bicyclic) bond motifs is 1. The van der Waals surface area contributed by atoms with Gasteiger partial charge < -0.3 is 18.6 Å². The summed E-state index contributed by atoms with van der Waals surface area (Å²) < 4.78 is 22.0. The first-order valence-electron chi connectivity index (χ1n) is 10.7. The van der Waals surface area contributed by atoms with Crippen LogP contribution in [0.2, 0.25) is 0 Å². The largest absolute Gasteiger partial charge is 0.497 e. The molecule has 1 heterocycles. The van der Waals surface area contributed by atoms with Gasteiger partial charge in [-0.05, 0) is 73.2 Å². The van der Waals surface area contributed by atoms with E-state index in [4.69, 9.17) is 23.6 Å². The molecule has 0 amide bonds. The van der Waals surface area contributed by atoms with Crippen molar-refractivity contribution in [2.75, 3.05) is 20.8 Å². The topological polar surface area (TPSA) is 70.3 Å². The first-order valence-corrected chi connectivity index (χ1v) is 10.7. The van der Waals surface area contributed by atoms with E-state index >= 15 is 0 Å². The second kappa shape index (κ2) is 10.0. The van der Waals surface area contributed by atoms with Crippen molar-refractivity contribution in [3.8, 4) is 22.8 Å². The van der Waals surface area contributed by atoms with Crippen molar-refractivity contribution >= 4 is 22.6 Å². The SMILES string of the molecule is CCCOC(=O)c1ccc(N=c2cc(-c3ccc(OC)cc3)oc3ccc(OC)cc23)cc1. The second-order valence-corrected chi connectivity index (χ2v) is 7.38. The lowest BCUT2D eigenvalue weighted by atomic mass is 10.1. The van der Waals surface area contributed by atoms with Crippen LogP contribution < -0.4 is 14.8 Å². The molecule has 4 aromatic rings. The molecule has 6 nitrogen and oxygen atoms in total. The van der Waals surface area contributed by atoms with Crippen molar-refractivity contribution in [2.45, 2.75) is 13.3 Å². The molecule has 6 heteroatoms. The van der Waals surface area contributed by atoms with E-state index in [2.05, 4.69) is 0 Å². The van der Waals surface area contributed by atoms with E-state index in [0.29, 0.717) is 35.0 Å². The van der Waals surface area contributed by atoms with Crippen LogP contribution in [-0.2, 0) is 4.74 Å². The van der Waals surface area contributed by atoms with Crippen LogP contribution in [0.25, 0.3) is 22.3 Å². The highest BCUT2D eigenvalue weighted by atomic mass is 16.5. The van der Waals surface area contributed by atoms with Crippen LogP contribution in [0.15, 0.2) is 82.2 Å². The Labute approximate surface area is 192 Å². The Morgan fingerprint density at radius 3 is 2.24 bits per heavy atom. The third-order valence-corrected chi connectivity index (χ3v) is 5.11. The highest BCUT2D eigenvalue weighted by Gasteiger charge is 2.09. The molecule has 0 saturated carbocycles. The summed E-state index contributed by atoms with van der Waals surface area (Å²) in [6.45, 7) is 2.36. The molecule has 4 rings (SSSR count). The number of nitrogens with zero attached hydrogens (tertiary/aromatic N) is 1. The Morgan fingerprint density at radius 1 is 0.879 bits per heavy atom. The van der Waals surface area contributed by atoms with Gasteiger partial charge in [0.1, 0.15) is 22.8 Å². The van der Waals surface area contributed by atoms with Gasteiger partial charge in [-0.3, -0.25) is 0 Å². The fourth-order valence-corrected chi connectivity index (χ4v) is 3.35. The van der Waals surface area contributed by atoms with Crippen molar-refractivity contribution < 1.29 is 23.4 Å². The maximum absolute atomic E-state index is 12.1. The van der Waals surface area contributed by atoms with E-state index in [9.17, 15) is 4.79 Å². The van der Waals surface area contributed by atoms with E-state index < -0.39 is 0 Å². The molecule has 1 aromatic heterocycles. The van der Waals surface area contributed by atoms with Gasteiger partial charge in [-0.25, -0.2) is 9.79 Å². The van der Waals surface area contributed by atoms with Crippen LogP contribution in [-0.4, -0.2) is 26.8 Å². The number of carbonyl (C=O) groups is 1. The zero-order valence-corrected chi connectivity index (χ0v) is 18.8. The average Bonchev–Trinajstić information content (AvgIpc) is 2.87. The highest BCUT2D eigenvalue weighted by Crippen LogP contribution is 2.26. The molecule has 0 unspecified atom stereocenters. The molecule has 0 aliphatic rings. The van der Waals surface area contributed by atoms with Crippen LogP contribution in [0, 0.1) is 0 Å². The number of ether oxygens (including phenoxy) is 3. The zero-order valence-electron chi connectivity index (χ0n) is 18.8. The summed E-state index contributed by atoms with van der Waals surface area (Å²) >= 11 is 0. The van der Waals surface area contributed by atoms with Crippen LogP contribution in [0.5, 0.6) is 11.5 Å². The highest BCUT2D eigenvalue weighted by molar-refractivity contribution is 5.89. The molecule has 3 aromatic carbocycles. The van der Waals surface area contributed by atoms with Crippen LogP contribution in [0.4, 0.5) is 5.69 Å². The van der Waals surface area contributed by atoms with Gasteiger partial charge in [-0.2, -0.15) is 0 Å². The zero-order chi connectivity index (χ0) is 23.2. The molecular weight excluding hydrogens is 418 g/mol. The molecule has 0 aliphatic carbocycles. The summed E-state index contributed by atoms with van der Waals surface area (Å²) in [6, 6.07) is 22.2. The number of esters is 1. The second-order valence-electron chi connectivity index (χ2n) is 7.38. The first-order chi connectivity index (χ1) is 16.1. The van der Waals surface area contributed by atoms with E-state index in [1.165, 1.54) is 0 Å². The lowest BCUT2D eigenvalue weighted by Gasteiger charge is -2.08. The maximum atomic E-state index is 12.1. The summed E-state index contributed by atoms with van der Waals surface area (Å²) in [5.74, 6) is 1.82. The number of hydrogen-bond acceptors (Lipinski definition) is 6. The van der Waals surface area contributed by atoms with Gasteiger partial charge in [0, 0.05) is 17.0 Å². The smallest absolute Gasteiger partial charge is 0.338 e. The molecule has 168 valence electrons. The Bertz CT molecular complexity index is 1320. The first kappa shape index (κ1) is 22.1. The minimum absolute atomic E-state index is 0.334. The summed E-state index contributed by atoms with van der Waals surface area (Å²) in [4.78, 5) is 16.9. The minimum atomic E-state index is -0.334. The molecule has 0 N–H and O–H groups in total. The maximum Gasteiger partial charge on any atom is 0.338 e. The van der Waals surface area contributed by atoms with Gasteiger partial charge in [-0.15, -0.1) is 0 Å². The van der Waals surface area contributed by atoms with Crippen molar-refractivity contribution in [3.05, 3.63) is 83.7 Å². The van der Waals surface area contributed by atoms with Crippen molar-refractivity contribution in [2.24, 2.45) is 4.99 Å². The monoisotopic (exact) mass is 443 g/mol. The third kappa shape index (κ3) is 5.06. The van der Waals surface area contributed by atoms with Gasteiger partial charge in [0.25, 0.3) is 0 Å². The summed E-state index contributed by atoms with van der Waals surface area (Å²) in [7, 11) is 3.26. The van der Waals surface area contributed by atoms with Crippen LogP contribution >= 0.6 is 0 Å². The van der Waals surface area contributed by atoms with E-state index in [0.717, 1.165) is 28.5 Å². The van der Waals surface area contributed by atoms with E-state index in [1.807, 2.05) is 55.5 Å². The normalized spacial score (nSPS) is 11.4. The molecule has 0 bridgehead atoms. The lowest BCUT2D eigenvalue weighted by molar-refractivity contribution is 0.0505. The quantitative estimate of drug-likeness (QED) is 0.332. The summed E-state index contributed by atoms with van der Waals surface area (Å²) in [6.07, 6.45) is 0.783. The fourth-order valence-electron chi connectivity index (χ4n) is 3.35. The number of carbonyl (C=O) groups excluding carboxylic acids is 1. The van der Waals surface area contributed by atoms with Crippen molar-refractivity contribution in [1.29, 1.82) is 0 Å². The average molecular weight is 443 g/mol.